The second kappa shape index (κ2) is 9.14. The van der Waals surface area contributed by atoms with Crippen molar-refractivity contribution in [1.29, 1.82) is 0 Å². The van der Waals surface area contributed by atoms with Gasteiger partial charge in [-0.3, -0.25) is 4.79 Å². The summed E-state index contributed by atoms with van der Waals surface area (Å²) in [7, 11) is 0. The number of thioether (sulfide) groups is 1. The lowest BCUT2D eigenvalue weighted by Gasteiger charge is -2.08. The van der Waals surface area contributed by atoms with Crippen LogP contribution in [-0.2, 0) is 15.3 Å². The Balaban J connectivity index is 1.56. The van der Waals surface area contributed by atoms with Gasteiger partial charge < -0.3 is 14.6 Å². The maximum atomic E-state index is 12.9. The molecule has 0 spiro atoms. The van der Waals surface area contributed by atoms with Crippen LogP contribution in [0, 0.1) is 12.7 Å². The van der Waals surface area contributed by atoms with Crippen molar-refractivity contribution in [2.75, 3.05) is 11.9 Å². The van der Waals surface area contributed by atoms with Crippen LogP contribution in [0.2, 0.25) is 0 Å². The largest absolute Gasteiger partial charge is 0.452 e. The third-order valence-corrected chi connectivity index (χ3v) is 4.53. The normalized spacial score (nSPS) is 10.5. The molecular formula is C19H16FN3O4S. The van der Waals surface area contributed by atoms with Crippen LogP contribution >= 0.6 is 11.8 Å². The van der Waals surface area contributed by atoms with Gasteiger partial charge in [0.15, 0.2) is 6.61 Å². The molecular weight excluding hydrogens is 385 g/mol. The Morgan fingerprint density at radius 2 is 2.04 bits per heavy atom. The van der Waals surface area contributed by atoms with Crippen molar-refractivity contribution in [3.8, 4) is 0 Å². The number of anilines is 1. The van der Waals surface area contributed by atoms with E-state index in [-0.39, 0.29) is 5.56 Å². The molecule has 1 amide bonds. The fraction of sp³-hybridized carbons (Fsp3) is 0.158. The van der Waals surface area contributed by atoms with E-state index < -0.39 is 24.3 Å². The Kier molecular flexibility index (Phi) is 6.38. The number of hydrogen-bond acceptors (Lipinski definition) is 7. The number of carbonyl (C=O) groups excluding carboxylic acids is 2. The molecule has 0 unspecified atom stereocenters. The first-order valence-electron chi connectivity index (χ1n) is 8.24. The van der Waals surface area contributed by atoms with Gasteiger partial charge in [-0.25, -0.2) is 14.2 Å². The molecule has 0 saturated heterocycles. The van der Waals surface area contributed by atoms with Crippen LogP contribution in [0.3, 0.4) is 0 Å². The lowest BCUT2D eigenvalue weighted by atomic mass is 10.3. The van der Waals surface area contributed by atoms with Gasteiger partial charge in [-0.15, -0.1) is 0 Å². The highest BCUT2D eigenvalue weighted by atomic mass is 32.2. The van der Waals surface area contributed by atoms with E-state index in [0.717, 1.165) is 5.69 Å². The van der Waals surface area contributed by atoms with E-state index in [0.29, 0.717) is 22.2 Å². The van der Waals surface area contributed by atoms with E-state index in [1.165, 1.54) is 36.0 Å². The number of nitrogens with one attached hydrogen (secondary N) is 1. The standard InChI is InChI=1S/C19H16FN3O4S/c1-12-9-15(23-27-12)11-28-18-16(3-2-8-21-18)19(25)26-10-17(24)22-14-6-4-13(20)5-7-14/h2-9H,10-11H2,1H3,(H,22,24). The summed E-state index contributed by atoms with van der Waals surface area (Å²) in [5, 5.41) is 6.88. The molecule has 0 aliphatic heterocycles. The number of hydrogen-bond donors (Lipinski definition) is 1. The molecule has 0 aliphatic rings. The quantitative estimate of drug-likeness (QED) is 0.477. The molecule has 7 nitrogen and oxygen atoms in total. The zero-order chi connectivity index (χ0) is 19.9. The molecule has 0 atom stereocenters. The summed E-state index contributed by atoms with van der Waals surface area (Å²) in [6, 6.07) is 10.2. The van der Waals surface area contributed by atoms with E-state index >= 15 is 0 Å². The zero-order valence-electron chi connectivity index (χ0n) is 14.8. The van der Waals surface area contributed by atoms with E-state index in [1.807, 2.05) is 0 Å². The topological polar surface area (TPSA) is 94.3 Å². The van der Waals surface area contributed by atoms with Gasteiger partial charge in [-0.1, -0.05) is 16.9 Å². The van der Waals surface area contributed by atoms with Crippen LogP contribution in [0.15, 0.2) is 58.2 Å². The minimum atomic E-state index is -0.666. The minimum Gasteiger partial charge on any atom is -0.452 e. The third kappa shape index (κ3) is 5.40. The van der Waals surface area contributed by atoms with Crippen molar-refractivity contribution in [2.24, 2.45) is 0 Å². The van der Waals surface area contributed by atoms with E-state index in [2.05, 4.69) is 15.5 Å². The van der Waals surface area contributed by atoms with Gasteiger partial charge in [-0.2, -0.15) is 0 Å². The van der Waals surface area contributed by atoms with E-state index in [4.69, 9.17) is 9.26 Å². The molecule has 0 saturated carbocycles. The first-order chi connectivity index (χ1) is 13.5. The molecule has 2 heterocycles. The first-order valence-corrected chi connectivity index (χ1v) is 9.22. The van der Waals surface area contributed by atoms with Crippen molar-refractivity contribution in [3.63, 3.8) is 0 Å². The summed E-state index contributed by atoms with van der Waals surface area (Å²) < 4.78 is 23.0. The summed E-state index contributed by atoms with van der Waals surface area (Å²) in [6.45, 7) is 1.32. The van der Waals surface area contributed by atoms with Crippen LogP contribution in [0.25, 0.3) is 0 Å². The molecule has 3 aromatic rings. The highest BCUT2D eigenvalue weighted by molar-refractivity contribution is 7.98. The summed E-state index contributed by atoms with van der Waals surface area (Å²) in [5.74, 6) is -0.438. The number of aryl methyl sites for hydroxylation is 1. The number of carbonyl (C=O) groups is 2. The van der Waals surface area contributed by atoms with E-state index in [1.54, 1.807) is 31.3 Å². The van der Waals surface area contributed by atoms with Crippen molar-refractivity contribution in [3.05, 3.63) is 71.5 Å². The van der Waals surface area contributed by atoms with E-state index in [9.17, 15) is 14.0 Å². The second-order valence-corrected chi connectivity index (χ2v) is 6.67. The molecule has 2 aromatic heterocycles. The number of nitrogens with zero attached hydrogens (tertiary/aromatic N) is 2. The Hall–Kier alpha value is -3.20. The number of benzene rings is 1. The molecule has 28 heavy (non-hydrogen) atoms. The Morgan fingerprint density at radius 1 is 1.25 bits per heavy atom. The van der Waals surface area contributed by atoms with Gasteiger partial charge in [0, 0.05) is 23.7 Å². The zero-order valence-corrected chi connectivity index (χ0v) is 15.7. The molecule has 9 heteroatoms. The molecule has 1 N–H and O–H groups in total. The lowest BCUT2D eigenvalue weighted by Crippen LogP contribution is -2.21. The third-order valence-electron chi connectivity index (χ3n) is 3.49. The van der Waals surface area contributed by atoms with Crippen molar-refractivity contribution < 1.29 is 23.2 Å². The average Bonchev–Trinajstić information content (AvgIpc) is 3.12. The minimum absolute atomic E-state index is 0.252. The average molecular weight is 401 g/mol. The fourth-order valence-electron chi connectivity index (χ4n) is 2.23. The summed E-state index contributed by atoms with van der Waals surface area (Å²) in [4.78, 5) is 28.4. The van der Waals surface area contributed by atoms with Gasteiger partial charge in [0.05, 0.1) is 11.3 Å². The maximum Gasteiger partial charge on any atom is 0.341 e. The summed E-state index contributed by atoms with van der Waals surface area (Å²) in [5.41, 5.74) is 1.39. The monoisotopic (exact) mass is 401 g/mol. The molecule has 0 bridgehead atoms. The number of aromatic nitrogens is 2. The number of halogens is 1. The number of rotatable bonds is 7. The molecule has 0 radical (unpaired) electrons. The molecule has 0 aliphatic carbocycles. The van der Waals surface area contributed by atoms with Crippen LogP contribution in [-0.4, -0.2) is 28.6 Å². The van der Waals surface area contributed by atoms with Crippen LogP contribution in [0.5, 0.6) is 0 Å². The van der Waals surface area contributed by atoms with Crippen LogP contribution in [0.4, 0.5) is 10.1 Å². The number of pyridine rings is 1. The predicted octanol–water partition coefficient (Wildman–Crippen LogP) is 3.60. The number of ether oxygens (including phenoxy) is 1. The number of amides is 1. The molecule has 3 rings (SSSR count). The Bertz CT molecular complexity index is 975. The summed E-state index contributed by atoms with van der Waals surface area (Å²) >= 11 is 1.31. The second-order valence-electron chi connectivity index (χ2n) is 5.70. The van der Waals surface area contributed by atoms with Crippen molar-refractivity contribution in [2.45, 2.75) is 17.7 Å². The van der Waals surface area contributed by atoms with Gasteiger partial charge in [0.2, 0.25) is 0 Å². The van der Waals surface area contributed by atoms with Gasteiger partial charge in [0.25, 0.3) is 5.91 Å². The lowest BCUT2D eigenvalue weighted by molar-refractivity contribution is -0.119. The highest BCUT2D eigenvalue weighted by Crippen LogP contribution is 2.24. The van der Waals surface area contributed by atoms with Gasteiger partial charge in [0.1, 0.15) is 16.6 Å². The van der Waals surface area contributed by atoms with Crippen molar-refractivity contribution >= 4 is 29.3 Å². The molecule has 1 aromatic carbocycles. The fourth-order valence-corrected chi connectivity index (χ4v) is 3.09. The summed E-state index contributed by atoms with van der Waals surface area (Å²) in [6.07, 6.45) is 1.56. The highest BCUT2D eigenvalue weighted by Gasteiger charge is 2.16. The predicted molar refractivity (Wildman–Crippen MR) is 100 cm³/mol. The molecule has 144 valence electrons. The van der Waals surface area contributed by atoms with Crippen LogP contribution in [0.1, 0.15) is 21.8 Å². The Labute approximate surface area is 164 Å². The smallest absolute Gasteiger partial charge is 0.341 e. The van der Waals surface area contributed by atoms with Crippen molar-refractivity contribution in [1.82, 2.24) is 10.1 Å². The SMILES string of the molecule is Cc1cc(CSc2ncccc2C(=O)OCC(=O)Nc2ccc(F)cc2)no1. The van der Waals surface area contributed by atoms with Crippen LogP contribution < -0.4 is 5.32 Å². The number of esters is 1. The van der Waals surface area contributed by atoms with Gasteiger partial charge >= 0.3 is 5.97 Å². The Morgan fingerprint density at radius 3 is 2.75 bits per heavy atom. The van der Waals surface area contributed by atoms with Gasteiger partial charge in [-0.05, 0) is 43.3 Å². The molecule has 0 fully saturated rings. The maximum absolute atomic E-state index is 12.9. The first kappa shape index (κ1) is 19.6.